The SMILES string of the molecule is CCOc1ccccc1-c1nnn(CCC(=O)O)n1. The number of aliphatic carboxylic acids is 1. The van der Waals surface area contributed by atoms with Crippen molar-refractivity contribution in [3.8, 4) is 17.1 Å². The number of aromatic nitrogens is 4. The van der Waals surface area contributed by atoms with Crippen molar-refractivity contribution in [2.24, 2.45) is 0 Å². The van der Waals surface area contributed by atoms with Crippen LogP contribution in [0.5, 0.6) is 5.75 Å². The molecule has 0 spiro atoms. The number of nitrogens with zero attached hydrogens (tertiary/aromatic N) is 4. The average Bonchev–Trinajstić information content (AvgIpc) is 2.86. The average molecular weight is 262 g/mol. The van der Waals surface area contributed by atoms with Gasteiger partial charge in [-0.15, -0.1) is 10.2 Å². The molecule has 0 radical (unpaired) electrons. The molecule has 7 heteroatoms. The number of para-hydroxylation sites is 1. The molecule has 19 heavy (non-hydrogen) atoms. The van der Waals surface area contributed by atoms with E-state index in [-0.39, 0.29) is 13.0 Å². The van der Waals surface area contributed by atoms with E-state index in [4.69, 9.17) is 9.84 Å². The normalized spacial score (nSPS) is 10.4. The van der Waals surface area contributed by atoms with Gasteiger partial charge in [0.05, 0.1) is 25.1 Å². The Balaban J connectivity index is 2.20. The Morgan fingerprint density at radius 3 is 2.95 bits per heavy atom. The molecule has 0 saturated carbocycles. The maximum absolute atomic E-state index is 10.5. The summed E-state index contributed by atoms with van der Waals surface area (Å²) >= 11 is 0. The molecular weight excluding hydrogens is 248 g/mol. The van der Waals surface area contributed by atoms with E-state index in [1.807, 2.05) is 31.2 Å². The van der Waals surface area contributed by atoms with Crippen LogP contribution in [0.15, 0.2) is 24.3 Å². The highest BCUT2D eigenvalue weighted by Gasteiger charge is 2.11. The molecule has 0 aliphatic rings. The van der Waals surface area contributed by atoms with Crippen LogP contribution in [0.2, 0.25) is 0 Å². The monoisotopic (exact) mass is 262 g/mol. The van der Waals surface area contributed by atoms with Gasteiger partial charge in [0.15, 0.2) is 0 Å². The minimum absolute atomic E-state index is 0.0388. The van der Waals surface area contributed by atoms with Crippen LogP contribution in [0.3, 0.4) is 0 Å². The third-order valence-corrected chi connectivity index (χ3v) is 2.41. The highest BCUT2D eigenvalue weighted by Crippen LogP contribution is 2.26. The van der Waals surface area contributed by atoms with Crippen molar-refractivity contribution in [1.82, 2.24) is 20.2 Å². The standard InChI is InChI=1S/C12H14N4O3/c1-2-19-10-6-4-3-5-9(10)12-13-15-16(14-12)8-7-11(17)18/h3-6H,2,7-8H2,1H3,(H,17,18). The van der Waals surface area contributed by atoms with E-state index in [2.05, 4.69) is 15.4 Å². The van der Waals surface area contributed by atoms with Crippen LogP contribution in [-0.2, 0) is 11.3 Å². The molecule has 0 amide bonds. The molecule has 0 saturated heterocycles. The molecule has 2 aromatic rings. The second-order valence-electron chi connectivity index (χ2n) is 3.78. The van der Waals surface area contributed by atoms with Crippen LogP contribution in [0.1, 0.15) is 13.3 Å². The van der Waals surface area contributed by atoms with Gasteiger partial charge < -0.3 is 9.84 Å². The van der Waals surface area contributed by atoms with E-state index in [0.29, 0.717) is 18.2 Å². The third-order valence-electron chi connectivity index (χ3n) is 2.41. The van der Waals surface area contributed by atoms with E-state index < -0.39 is 5.97 Å². The second kappa shape index (κ2) is 5.94. The highest BCUT2D eigenvalue weighted by atomic mass is 16.5. The first-order valence-corrected chi connectivity index (χ1v) is 5.92. The molecule has 1 aromatic heterocycles. The van der Waals surface area contributed by atoms with E-state index in [0.717, 1.165) is 5.56 Å². The Bertz CT molecular complexity index is 568. The zero-order valence-electron chi connectivity index (χ0n) is 10.5. The van der Waals surface area contributed by atoms with Gasteiger partial charge in [-0.3, -0.25) is 4.79 Å². The van der Waals surface area contributed by atoms with Crippen molar-refractivity contribution in [1.29, 1.82) is 0 Å². The number of carbonyl (C=O) groups is 1. The van der Waals surface area contributed by atoms with E-state index in [9.17, 15) is 4.79 Å². The summed E-state index contributed by atoms with van der Waals surface area (Å²) in [6.07, 6.45) is -0.0388. The maximum atomic E-state index is 10.5. The number of carboxylic acid groups (broad SMARTS) is 1. The molecule has 0 aliphatic carbocycles. The van der Waals surface area contributed by atoms with E-state index in [1.54, 1.807) is 0 Å². The Morgan fingerprint density at radius 2 is 2.21 bits per heavy atom. The number of benzene rings is 1. The lowest BCUT2D eigenvalue weighted by Gasteiger charge is -2.06. The molecular formula is C12H14N4O3. The van der Waals surface area contributed by atoms with Gasteiger partial charge in [-0.1, -0.05) is 12.1 Å². The summed E-state index contributed by atoms with van der Waals surface area (Å²) in [5, 5.41) is 20.5. The minimum atomic E-state index is -0.895. The Labute approximate surface area is 109 Å². The molecule has 1 aromatic carbocycles. The molecule has 1 heterocycles. The zero-order valence-corrected chi connectivity index (χ0v) is 10.5. The fourth-order valence-electron chi connectivity index (χ4n) is 1.57. The molecule has 7 nitrogen and oxygen atoms in total. The molecule has 2 rings (SSSR count). The van der Waals surface area contributed by atoms with Crippen LogP contribution in [0.25, 0.3) is 11.4 Å². The predicted molar refractivity (Wildman–Crippen MR) is 66.7 cm³/mol. The van der Waals surface area contributed by atoms with Gasteiger partial charge in [-0.2, -0.15) is 4.80 Å². The third kappa shape index (κ3) is 3.27. The van der Waals surface area contributed by atoms with Crippen molar-refractivity contribution >= 4 is 5.97 Å². The van der Waals surface area contributed by atoms with Crippen LogP contribution in [0.4, 0.5) is 0 Å². The van der Waals surface area contributed by atoms with Crippen LogP contribution in [0, 0.1) is 0 Å². The fraction of sp³-hybridized carbons (Fsp3) is 0.333. The number of tetrazole rings is 1. The van der Waals surface area contributed by atoms with Gasteiger partial charge in [0.25, 0.3) is 0 Å². The summed E-state index contributed by atoms with van der Waals surface area (Å²) in [6.45, 7) is 2.64. The highest BCUT2D eigenvalue weighted by molar-refractivity contribution is 5.66. The molecule has 100 valence electrons. The number of hydrogen-bond donors (Lipinski definition) is 1. The lowest BCUT2D eigenvalue weighted by molar-refractivity contribution is -0.137. The smallest absolute Gasteiger partial charge is 0.305 e. The summed E-state index contributed by atoms with van der Waals surface area (Å²) in [5.41, 5.74) is 0.742. The maximum Gasteiger partial charge on any atom is 0.305 e. The van der Waals surface area contributed by atoms with Crippen LogP contribution in [-0.4, -0.2) is 37.9 Å². The molecule has 0 bridgehead atoms. The summed E-state index contributed by atoms with van der Waals surface area (Å²) < 4.78 is 5.49. The summed E-state index contributed by atoms with van der Waals surface area (Å²) in [5.74, 6) is 0.214. The van der Waals surface area contributed by atoms with E-state index >= 15 is 0 Å². The van der Waals surface area contributed by atoms with Crippen LogP contribution < -0.4 is 4.74 Å². The van der Waals surface area contributed by atoms with Gasteiger partial charge in [0.2, 0.25) is 5.82 Å². The van der Waals surface area contributed by atoms with Gasteiger partial charge in [-0.25, -0.2) is 0 Å². The van der Waals surface area contributed by atoms with Crippen molar-refractivity contribution in [3.63, 3.8) is 0 Å². The summed E-state index contributed by atoms with van der Waals surface area (Å²) in [4.78, 5) is 11.7. The molecule has 0 atom stereocenters. The Hall–Kier alpha value is -2.44. The number of carboxylic acids is 1. The van der Waals surface area contributed by atoms with Crippen molar-refractivity contribution in [2.45, 2.75) is 19.9 Å². The number of rotatable bonds is 6. The predicted octanol–water partition coefficient (Wildman–Crippen LogP) is 1.21. The number of hydrogen-bond acceptors (Lipinski definition) is 5. The van der Waals surface area contributed by atoms with E-state index in [1.165, 1.54) is 4.80 Å². The largest absolute Gasteiger partial charge is 0.493 e. The van der Waals surface area contributed by atoms with Gasteiger partial charge in [-0.05, 0) is 24.3 Å². The molecule has 1 N–H and O–H groups in total. The first kappa shape index (κ1) is 13.0. The zero-order chi connectivity index (χ0) is 13.7. The quantitative estimate of drug-likeness (QED) is 0.841. The number of aryl methyl sites for hydroxylation is 1. The lowest BCUT2D eigenvalue weighted by Crippen LogP contribution is -2.07. The Morgan fingerprint density at radius 1 is 1.42 bits per heavy atom. The molecule has 0 aliphatic heterocycles. The van der Waals surface area contributed by atoms with Crippen LogP contribution >= 0.6 is 0 Å². The summed E-state index contributed by atoms with van der Waals surface area (Å²) in [6, 6.07) is 7.39. The first-order chi connectivity index (χ1) is 9.20. The Kier molecular flexibility index (Phi) is 4.07. The molecule has 0 fully saturated rings. The van der Waals surface area contributed by atoms with Crippen molar-refractivity contribution < 1.29 is 14.6 Å². The van der Waals surface area contributed by atoms with Crippen molar-refractivity contribution in [3.05, 3.63) is 24.3 Å². The summed E-state index contributed by atoms with van der Waals surface area (Å²) in [7, 11) is 0. The molecule has 0 unspecified atom stereocenters. The first-order valence-electron chi connectivity index (χ1n) is 5.92. The topological polar surface area (TPSA) is 90.1 Å². The fourth-order valence-corrected chi connectivity index (χ4v) is 1.57. The second-order valence-corrected chi connectivity index (χ2v) is 3.78. The minimum Gasteiger partial charge on any atom is -0.493 e. The number of ether oxygens (including phenoxy) is 1. The lowest BCUT2D eigenvalue weighted by atomic mass is 10.2. The van der Waals surface area contributed by atoms with Crippen molar-refractivity contribution in [2.75, 3.05) is 6.61 Å². The van der Waals surface area contributed by atoms with Gasteiger partial charge in [0.1, 0.15) is 5.75 Å². The van der Waals surface area contributed by atoms with Gasteiger partial charge >= 0.3 is 5.97 Å². The van der Waals surface area contributed by atoms with Gasteiger partial charge in [0, 0.05) is 0 Å².